The number of hydrogen-bond acceptors (Lipinski definition) is 2. The molecule has 1 aliphatic rings. The zero-order valence-corrected chi connectivity index (χ0v) is 13.5. The van der Waals surface area contributed by atoms with E-state index in [1.54, 1.807) is 0 Å². The minimum Gasteiger partial charge on any atom is -0.312 e. The minimum absolute atomic E-state index is 0.197. The van der Waals surface area contributed by atoms with Gasteiger partial charge in [0, 0.05) is 37.2 Å². The van der Waals surface area contributed by atoms with Gasteiger partial charge in [-0.05, 0) is 23.3 Å². The molecule has 1 aliphatic heterocycles. The lowest BCUT2D eigenvalue weighted by molar-refractivity contribution is 0.582. The van der Waals surface area contributed by atoms with Gasteiger partial charge in [0.05, 0.1) is 12.2 Å². The molecule has 122 valence electrons. The Labute approximate surface area is 141 Å². The molecule has 0 fully saturated rings. The molecule has 1 N–H and O–H groups in total. The number of benzene rings is 2. The third kappa shape index (κ3) is 3.10. The van der Waals surface area contributed by atoms with Crippen LogP contribution in [0.5, 0.6) is 0 Å². The number of hydrogen-bond donors (Lipinski definition) is 1. The van der Waals surface area contributed by atoms with Gasteiger partial charge in [-0.25, -0.2) is 4.39 Å². The molecule has 0 aliphatic carbocycles. The number of fused-ring (bicyclic) bond motifs is 1. The summed E-state index contributed by atoms with van der Waals surface area (Å²) in [5, 5.41) is 8.33. The molecule has 0 saturated carbocycles. The second kappa shape index (κ2) is 6.57. The molecule has 0 amide bonds. The maximum absolute atomic E-state index is 13.1. The van der Waals surface area contributed by atoms with Crippen molar-refractivity contribution in [1.29, 1.82) is 0 Å². The molecule has 0 spiro atoms. The van der Waals surface area contributed by atoms with Crippen LogP contribution in [0.3, 0.4) is 0 Å². The quantitative estimate of drug-likeness (QED) is 0.799. The SMILES string of the molecule is Fc1ccc(Cc2nn(Cc3ccccc3)c3c2CNCC3)cc1. The lowest BCUT2D eigenvalue weighted by atomic mass is 10.0. The predicted molar refractivity (Wildman–Crippen MR) is 92.4 cm³/mol. The van der Waals surface area contributed by atoms with Crippen LogP contribution < -0.4 is 5.32 Å². The van der Waals surface area contributed by atoms with E-state index in [1.165, 1.54) is 29.0 Å². The van der Waals surface area contributed by atoms with Crippen molar-refractivity contribution in [1.82, 2.24) is 15.1 Å². The van der Waals surface area contributed by atoms with Crippen LogP contribution in [0.25, 0.3) is 0 Å². The molecule has 0 bridgehead atoms. The summed E-state index contributed by atoms with van der Waals surface area (Å²) in [5.74, 6) is -0.197. The second-order valence-electron chi connectivity index (χ2n) is 6.25. The molecule has 0 radical (unpaired) electrons. The van der Waals surface area contributed by atoms with Gasteiger partial charge in [0.15, 0.2) is 0 Å². The van der Waals surface area contributed by atoms with E-state index in [1.807, 2.05) is 18.2 Å². The molecule has 3 aromatic rings. The zero-order valence-electron chi connectivity index (χ0n) is 13.5. The first kappa shape index (κ1) is 15.1. The third-order valence-corrected chi connectivity index (χ3v) is 4.55. The molecular formula is C20H20FN3. The number of nitrogens with zero attached hydrogens (tertiary/aromatic N) is 2. The summed E-state index contributed by atoms with van der Waals surface area (Å²) < 4.78 is 15.3. The first-order valence-corrected chi connectivity index (χ1v) is 8.36. The first-order chi connectivity index (χ1) is 11.8. The lowest BCUT2D eigenvalue weighted by Gasteiger charge is -2.16. The Balaban J connectivity index is 1.65. The molecule has 1 aromatic heterocycles. The van der Waals surface area contributed by atoms with E-state index in [0.29, 0.717) is 0 Å². The summed E-state index contributed by atoms with van der Waals surface area (Å²) in [6, 6.07) is 17.1. The van der Waals surface area contributed by atoms with Gasteiger partial charge in [0.1, 0.15) is 5.82 Å². The van der Waals surface area contributed by atoms with Crippen LogP contribution in [0, 0.1) is 5.82 Å². The van der Waals surface area contributed by atoms with Crippen LogP contribution in [0.15, 0.2) is 54.6 Å². The normalized spacial score (nSPS) is 13.7. The van der Waals surface area contributed by atoms with Gasteiger partial charge in [-0.15, -0.1) is 0 Å². The van der Waals surface area contributed by atoms with Crippen LogP contribution in [-0.4, -0.2) is 16.3 Å². The van der Waals surface area contributed by atoms with Gasteiger partial charge in [-0.1, -0.05) is 42.5 Å². The van der Waals surface area contributed by atoms with Crippen molar-refractivity contribution in [2.24, 2.45) is 0 Å². The van der Waals surface area contributed by atoms with Gasteiger partial charge in [-0.2, -0.15) is 5.10 Å². The third-order valence-electron chi connectivity index (χ3n) is 4.55. The molecule has 3 nitrogen and oxygen atoms in total. The van der Waals surface area contributed by atoms with E-state index < -0.39 is 0 Å². The molecule has 24 heavy (non-hydrogen) atoms. The standard InChI is InChI=1S/C20H20FN3/c21-17-8-6-15(7-9-17)12-19-18-13-22-11-10-20(18)24(23-19)14-16-4-2-1-3-5-16/h1-9,22H,10-14H2. The van der Waals surface area contributed by atoms with E-state index in [2.05, 4.69) is 34.3 Å². The lowest BCUT2D eigenvalue weighted by Crippen LogP contribution is -2.25. The maximum Gasteiger partial charge on any atom is 0.123 e. The monoisotopic (exact) mass is 321 g/mol. The second-order valence-corrected chi connectivity index (χ2v) is 6.25. The predicted octanol–water partition coefficient (Wildman–Crippen LogP) is 3.31. The molecule has 0 atom stereocenters. The smallest absolute Gasteiger partial charge is 0.123 e. The summed E-state index contributed by atoms with van der Waals surface area (Å²) >= 11 is 0. The number of nitrogens with one attached hydrogen (secondary N) is 1. The number of rotatable bonds is 4. The van der Waals surface area contributed by atoms with Gasteiger partial charge >= 0.3 is 0 Å². The number of aromatic nitrogens is 2. The van der Waals surface area contributed by atoms with E-state index in [9.17, 15) is 4.39 Å². The van der Waals surface area contributed by atoms with Crippen molar-refractivity contribution in [3.63, 3.8) is 0 Å². The highest BCUT2D eigenvalue weighted by atomic mass is 19.1. The van der Waals surface area contributed by atoms with Crippen LogP contribution >= 0.6 is 0 Å². The largest absolute Gasteiger partial charge is 0.312 e. The molecule has 2 aromatic carbocycles. The molecule has 4 heteroatoms. The van der Waals surface area contributed by atoms with Crippen molar-refractivity contribution < 1.29 is 4.39 Å². The molecular weight excluding hydrogens is 301 g/mol. The minimum atomic E-state index is -0.197. The van der Waals surface area contributed by atoms with Gasteiger partial charge in [0.25, 0.3) is 0 Å². The Morgan fingerprint density at radius 2 is 1.79 bits per heavy atom. The Hall–Kier alpha value is -2.46. The summed E-state index contributed by atoms with van der Waals surface area (Å²) in [7, 11) is 0. The summed E-state index contributed by atoms with van der Waals surface area (Å²) in [5.41, 5.74) is 6.08. The number of halogens is 1. The van der Waals surface area contributed by atoms with Crippen molar-refractivity contribution >= 4 is 0 Å². The van der Waals surface area contributed by atoms with Crippen molar-refractivity contribution in [3.05, 3.63) is 88.5 Å². The van der Waals surface area contributed by atoms with Crippen LogP contribution in [-0.2, 0) is 25.9 Å². The van der Waals surface area contributed by atoms with Crippen molar-refractivity contribution in [2.75, 3.05) is 6.54 Å². The fourth-order valence-corrected chi connectivity index (χ4v) is 3.32. The summed E-state index contributed by atoms with van der Waals surface area (Å²) in [6.07, 6.45) is 1.74. The van der Waals surface area contributed by atoms with E-state index in [4.69, 9.17) is 5.10 Å². The van der Waals surface area contributed by atoms with E-state index in [-0.39, 0.29) is 5.82 Å². The van der Waals surface area contributed by atoms with Crippen molar-refractivity contribution in [3.8, 4) is 0 Å². The maximum atomic E-state index is 13.1. The van der Waals surface area contributed by atoms with E-state index >= 15 is 0 Å². The molecule has 2 heterocycles. The Kier molecular flexibility index (Phi) is 4.13. The van der Waals surface area contributed by atoms with Crippen LogP contribution in [0.4, 0.5) is 4.39 Å². The van der Waals surface area contributed by atoms with Crippen LogP contribution in [0.1, 0.15) is 28.1 Å². The highest BCUT2D eigenvalue weighted by Crippen LogP contribution is 2.22. The molecule has 0 saturated heterocycles. The molecule has 4 rings (SSSR count). The van der Waals surface area contributed by atoms with Gasteiger partial charge in [-0.3, -0.25) is 4.68 Å². The Bertz CT molecular complexity index is 822. The highest BCUT2D eigenvalue weighted by molar-refractivity contribution is 5.34. The average molecular weight is 321 g/mol. The highest BCUT2D eigenvalue weighted by Gasteiger charge is 2.20. The van der Waals surface area contributed by atoms with Gasteiger partial charge < -0.3 is 5.32 Å². The summed E-state index contributed by atoms with van der Waals surface area (Å²) in [4.78, 5) is 0. The molecule has 0 unspecified atom stereocenters. The fourth-order valence-electron chi connectivity index (χ4n) is 3.32. The Morgan fingerprint density at radius 3 is 2.58 bits per heavy atom. The average Bonchev–Trinajstić information content (AvgIpc) is 2.96. The summed E-state index contributed by atoms with van der Waals surface area (Å²) in [6.45, 7) is 2.65. The first-order valence-electron chi connectivity index (χ1n) is 8.36. The van der Waals surface area contributed by atoms with Crippen LogP contribution in [0.2, 0.25) is 0 Å². The Morgan fingerprint density at radius 1 is 1.00 bits per heavy atom. The topological polar surface area (TPSA) is 29.9 Å². The van der Waals surface area contributed by atoms with E-state index in [0.717, 1.165) is 43.7 Å². The zero-order chi connectivity index (χ0) is 16.4. The fraction of sp³-hybridized carbons (Fsp3) is 0.250. The van der Waals surface area contributed by atoms with Crippen molar-refractivity contribution in [2.45, 2.75) is 25.9 Å². The van der Waals surface area contributed by atoms with Gasteiger partial charge in [0.2, 0.25) is 0 Å².